The highest BCUT2D eigenvalue weighted by atomic mass is 35.5. The molecule has 0 aromatic heterocycles. The summed E-state index contributed by atoms with van der Waals surface area (Å²) >= 11 is 5.50. The van der Waals surface area contributed by atoms with E-state index in [1.165, 1.54) is 0 Å². The first-order chi connectivity index (χ1) is 6.59. The van der Waals surface area contributed by atoms with Crippen molar-refractivity contribution >= 4 is 17.7 Å². The Morgan fingerprint density at radius 3 is 2.93 bits per heavy atom. The smallest absolute Gasteiger partial charge is 0.410 e. The number of likely N-dealkylation sites (N-methyl/N-ethyl adjacent to an activating group) is 1. The summed E-state index contributed by atoms with van der Waals surface area (Å²) in [6.07, 6.45) is 6.74. The predicted molar refractivity (Wildman–Crippen MR) is 54.8 cm³/mol. The lowest BCUT2D eigenvalue weighted by atomic mass is 10.3. The van der Waals surface area contributed by atoms with Crippen LogP contribution in [0.1, 0.15) is 6.92 Å². The van der Waals surface area contributed by atoms with Gasteiger partial charge in [0.15, 0.2) is 5.56 Å². The fourth-order valence-corrected chi connectivity index (χ4v) is 1.12. The monoisotopic (exact) mass is 216 g/mol. The number of allylic oxidation sites excluding steroid dienone is 2. The first kappa shape index (κ1) is 10.9. The lowest BCUT2D eigenvalue weighted by Gasteiger charge is -2.26. The Labute approximate surface area is 88.2 Å². The first-order valence-electron chi connectivity index (χ1n) is 4.28. The maximum absolute atomic E-state index is 11.2. The number of rotatable bonds is 2. The van der Waals surface area contributed by atoms with Crippen LogP contribution < -0.4 is 5.32 Å². The number of carbonyl (C=O) groups is 1. The van der Waals surface area contributed by atoms with Crippen molar-refractivity contribution in [1.29, 1.82) is 0 Å². The van der Waals surface area contributed by atoms with Crippen LogP contribution in [-0.4, -0.2) is 29.8 Å². The zero-order chi connectivity index (χ0) is 10.6. The van der Waals surface area contributed by atoms with E-state index in [0.29, 0.717) is 0 Å². The van der Waals surface area contributed by atoms with Crippen molar-refractivity contribution in [2.75, 3.05) is 7.05 Å². The highest BCUT2D eigenvalue weighted by Crippen LogP contribution is 2.03. The zero-order valence-electron chi connectivity index (χ0n) is 8.11. The molecular formula is C9H13ClN2O2. The molecule has 2 atom stereocenters. The van der Waals surface area contributed by atoms with Gasteiger partial charge in [-0.15, -0.1) is 0 Å². The summed E-state index contributed by atoms with van der Waals surface area (Å²) in [5, 5.41) is 2.64. The highest BCUT2D eigenvalue weighted by Gasteiger charge is 2.15. The van der Waals surface area contributed by atoms with E-state index < -0.39 is 11.7 Å². The molecule has 14 heavy (non-hydrogen) atoms. The highest BCUT2D eigenvalue weighted by molar-refractivity contribution is 6.19. The summed E-state index contributed by atoms with van der Waals surface area (Å²) < 4.78 is 4.73. The molecule has 1 aliphatic heterocycles. The van der Waals surface area contributed by atoms with Crippen LogP contribution in [0.25, 0.3) is 0 Å². The molecular weight excluding hydrogens is 204 g/mol. The molecule has 0 saturated carbocycles. The second-order valence-electron chi connectivity index (χ2n) is 2.93. The Bertz CT molecular complexity index is 264. The number of hydrogen-bond acceptors (Lipinski definition) is 3. The minimum absolute atomic E-state index is 0.178. The molecule has 0 radical (unpaired) electrons. The summed E-state index contributed by atoms with van der Waals surface area (Å²) in [5.74, 6) is 0. The lowest BCUT2D eigenvalue weighted by Crippen LogP contribution is -2.44. The van der Waals surface area contributed by atoms with Crippen molar-refractivity contribution in [3.05, 3.63) is 24.4 Å². The minimum atomic E-state index is -0.622. The number of hydrogen-bond donors (Lipinski definition) is 1. The SMILES string of the molecule is CC(Cl)OC(=O)NC1C=CC=CN1C. The van der Waals surface area contributed by atoms with E-state index in [2.05, 4.69) is 5.32 Å². The molecule has 0 aromatic carbocycles. The van der Waals surface area contributed by atoms with Gasteiger partial charge in [-0.3, -0.25) is 5.32 Å². The largest absolute Gasteiger partial charge is 0.430 e. The van der Waals surface area contributed by atoms with E-state index in [1.54, 1.807) is 6.92 Å². The van der Waals surface area contributed by atoms with Gasteiger partial charge in [0.1, 0.15) is 6.17 Å². The summed E-state index contributed by atoms with van der Waals surface area (Å²) in [6.45, 7) is 1.58. The van der Waals surface area contributed by atoms with E-state index in [0.717, 1.165) is 0 Å². The van der Waals surface area contributed by atoms with Crippen LogP contribution in [0.15, 0.2) is 24.4 Å². The zero-order valence-corrected chi connectivity index (χ0v) is 8.86. The van der Waals surface area contributed by atoms with Gasteiger partial charge in [-0.2, -0.15) is 0 Å². The van der Waals surface area contributed by atoms with Crippen LogP contribution in [-0.2, 0) is 4.74 Å². The molecule has 2 unspecified atom stereocenters. The average molecular weight is 217 g/mol. The molecule has 4 nitrogen and oxygen atoms in total. The Morgan fingerprint density at radius 1 is 1.64 bits per heavy atom. The normalized spacial score (nSPS) is 21.9. The van der Waals surface area contributed by atoms with Gasteiger partial charge in [0, 0.05) is 13.2 Å². The third kappa shape index (κ3) is 3.30. The number of nitrogens with zero attached hydrogens (tertiary/aromatic N) is 1. The molecule has 1 heterocycles. The molecule has 1 N–H and O–H groups in total. The van der Waals surface area contributed by atoms with Crippen LogP contribution in [0, 0.1) is 0 Å². The van der Waals surface area contributed by atoms with Crippen molar-refractivity contribution in [1.82, 2.24) is 10.2 Å². The molecule has 0 spiro atoms. The van der Waals surface area contributed by atoms with Crippen molar-refractivity contribution in [2.24, 2.45) is 0 Å². The number of carbonyl (C=O) groups excluding carboxylic acids is 1. The molecule has 78 valence electrons. The second-order valence-corrected chi connectivity index (χ2v) is 3.54. The minimum Gasteiger partial charge on any atom is -0.430 e. The average Bonchev–Trinajstić information content (AvgIpc) is 2.07. The van der Waals surface area contributed by atoms with Crippen LogP contribution in [0.3, 0.4) is 0 Å². The summed E-state index contributed by atoms with van der Waals surface area (Å²) in [6, 6.07) is 0. The van der Waals surface area contributed by atoms with Crippen molar-refractivity contribution in [3.63, 3.8) is 0 Å². The van der Waals surface area contributed by atoms with Gasteiger partial charge in [0.05, 0.1) is 0 Å². The number of alkyl halides is 1. The van der Waals surface area contributed by atoms with Crippen molar-refractivity contribution in [2.45, 2.75) is 18.7 Å². The third-order valence-corrected chi connectivity index (χ3v) is 1.79. The summed E-state index contributed by atoms with van der Waals surface area (Å²) in [4.78, 5) is 13.0. The van der Waals surface area contributed by atoms with Gasteiger partial charge in [-0.1, -0.05) is 17.7 Å². The van der Waals surface area contributed by atoms with E-state index in [9.17, 15) is 4.79 Å². The molecule has 1 aliphatic rings. The quantitative estimate of drug-likeness (QED) is 0.714. The van der Waals surface area contributed by atoms with Gasteiger partial charge in [-0.25, -0.2) is 4.79 Å². The lowest BCUT2D eigenvalue weighted by molar-refractivity contribution is 0.129. The second kappa shape index (κ2) is 4.91. The maximum atomic E-state index is 11.2. The Morgan fingerprint density at radius 2 is 2.36 bits per heavy atom. The van der Waals surface area contributed by atoms with Crippen LogP contribution in [0.4, 0.5) is 4.79 Å². The van der Waals surface area contributed by atoms with Crippen molar-refractivity contribution < 1.29 is 9.53 Å². The van der Waals surface area contributed by atoms with Gasteiger partial charge in [0.2, 0.25) is 0 Å². The molecule has 1 rings (SSSR count). The summed E-state index contributed by atoms with van der Waals surface area (Å²) in [7, 11) is 1.86. The molecule has 5 heteroatoms. The molecule has 0 aromatic rings. The number of halogens is 1. The van der Waals surface area contributed by atoms with E-state index in [1.807, 2.05) is 36.4 Å². The summed E-state index contributed by atoms with van der Waals surface area (Å²) in [5.41, 5.74) is -0.622. The topological polar surface area (TPSA) is 41.6 Å². The molecule has 1 amide bonds. The van der Waals surface area contributed by atoms with E-state index >= 15 is 0 Å². The van der Waals surface area contributed by atoms with Gasteiger partial charge >= 0.3 is 6.09 Å². The van der Waals surface area contributed by atoms with E-state index in [-0.39, 0.29) is 6.17 Å². The van der Waals surface area contributed by atoms with Crippen LogP contribution >= 0.6 is 11.6 Å². The molecule has 0 fully saturated rings. The predicted octanol–water partition coefficient (Wildman–Crippen LogP) is 1.64. The van der Waals surface area contributed by atoms with Crippen molar-refractivity contribution in [3.8, 4) is 0 Å². The van der Waals surface area contributed by atoms with E-state index in [4.69, 9.17) is 16.3 Å². The Balaban J connectivity index is 2.40. The molecule has 0 aliphatic carbocycles. The van der Waals surface area contributed by atoms with Crippen LogP contribution in [0.5, 0.6) is 0 Å². The number of amides is 1. The van der Waals surface area contributed by atoms with Gasteiger partial charge < -0.3 is 9.64 Å². The Hall–Kier alpha value is -1.16. The maximum Gasteiger partial charge on any atom is 0.410 e. The molecule has 0 bridgehead atoms. The fourth-order valence-electron chi connectivity index (χ4n) is 1.04. The number of alkyl carbamates (subject to hydrolysis) is 1. The molecule has 0 saturated heterocycles. The fraction of sp³-hybridized carbons (Fsp3) is 0.444. The van der Waals surface area contributed by atoms with Crippen LogP contribution in [0.2, 0.25) is 0 Å². The first-order valence-corrected chi connectivity index (χ1v) is 4.71. The van der Waals surface area contributed by atoms with Gasteiger partial charge in [0.25, 0.3) is 0 Å². The third-order valence-electron chi connectivity index (χ3n) is 1.70. The van der Waals surface area contributed by atoms with Gasteiger partial charge in [-0.05, 0) is 19.1 Å². The number of ether oxygens (including phenoxy) is 1. The standard InChI is InChI=1S/C9H13ClN2O2/c1-7(10)14-9(13)11-8-5-3-4-6-12(8)2/h3-8H,1-2H3,(H,11,13). The Kier molecular flexibility index (Phi) is 3.83. The number of nitrogens with one attached hydrogen (secondary N) is 1.